The molecule has 3 aliphatic rings. The molecule has 3 aliphatic heterocycles. The maximum absolute atomic E-state index is 14.1. The lowest BCUT2D eigenvalue weighted by molar-refractivity contribution is -0.270. The van der Waals surface area contributed by atoms with Crippen LogP contribution in [0.25, 0.3) is 0 Å². The van der Waals surface area contributed by atoms with E-state index >= 15 is 0 Å². The van der Waals surface area contributed by atoms with Crippen molar-refractivity contribution in [1.29, 1.82) is 0 Å². The second-order valence-corrected chi connectivity index (χ2v) is 31.2. The molecule has 10 amide bonds. The molecule has 0 radical (unpaired) electrons. The number of rotatable bonds is 64. The summed E-state index contributed by atoms with van der Waals surface area (Å²) in [5.74, 6) is -3.32. The van der Waals surface area contributed by atoms with Crippen LogP contribution in [-0.2, 0) is 95.4 Å². The van der Waals surface area contributed by atoms with Gasteiger partial charge in [-0.2, -0.15) is 0 Å². The maximum atomic E-state index is 14.1. The monoisotopic (exact) mass is 1680 g/mol. The van der Waals surface area contributed by atoms with Crippen LogP contribution in [0, 0.1) is 5.41 Å². The highest BCUT2D eigenvalue weighted by molar-refractivity contribution is 5.80. The first-order valence-electron chi connectivity index (χ1n) is 41.5. The van der Waals surface area contributed by atoms with Crippen LogP contribution in [0.4, 0.5) is 0 Å². The number of ketones is 1. The molecular formula is C78H140N10O29. The van der Waals surface area contributed by atoms with Crippen LogP contribution in [0.1, 0.15) is 208 Å². The summed E-state index contributed by atoms with van der Waals surface area (Å²) in [6.07, 6.45) is -4.16. The second-order valence-electron chi connectivity index (χ2n) is 31.2. The van der Waals surface area contributed by atoms with Gasteiger partial charge in [0.2, 0.25) is 59.1 Å². The van der Waals surface area contributed by atoms with E-state index in [1.165, 1.54) is 20.8 Å². The first-order valence-corrected chi connectivity index (χ1v) is 41.5. The standard InChI is InChI=1S/C78H140N10O29/c1-51(92)85-65-71(106)68(103)55(45-89)115-74(65)112-38-18-15-25-58(96)79-32-21-35-82-61(99)29-41-109-48-78(44-54(95)24-13-11-9-7-8-10-12-14-28-64(102)88-77(4,5)6,49-110-42-30-62(100)83-36-22-33-80-59(97)26-16-19-39-113-75-66(86-52(2)93)72(107)69(104)56(46-90)116-75)50-111-43-31-63(101)84-37-23-34-81-60(98)27-17-20-40-114-76-67(87-53(3)94)73(108)70(105)57(47-91)117-76/h55-57,65-76,89-91,103-108H,7-50H2,1-6H3,(H,79,96)(H,80,97)(H,81,98)(H,82,99)(H,83,100)(H,84,101)(H,85,92)(H,86,93)(H,87,94)(H,88,102). The fraction of sp³-hybridized carbons (Fsp3) is 0.859. The number of Topliss-reactive ketones (excluding diaryl/α,β-unsaturated/α-hetero) is 1. The van der Waals surface area contributed by atoms with Crippen LogP contribution in [0.5, 0.6) is 0 Å². The molecule has 0 aliphatic carbocycles. The first kappa shape index (κ1) is 105. The zero-order chi connectivity index (χ0) is 86.6. The lowest BCUT2D eigenvalue weighted by Crippen LogP contribution is -2.64. The van der Waals surface area contributed by atoms with Crippen molar-refractivity contribution in [2.75, 3.05) is 119 Å². The fourth-order valence-corrected chi connectivity index (χ4v) is 13.1. The number of unbranched alkanes of at least 4 members (excludes halogenated alkanes) is 10. The quantitative estimate of drug-likeness (QED) is 0.0274. The maximum Gasteiger partial charge on any atom is 0.222 e. The third kappa shape index (κ3) is 45.8. The average molecular weight is 1680 g/mol. The van der Waals surface area contributed by atoms with Gasteiger partial charge >= 0.3 is 0 Å². The molecule has 0 aromatic heterocycles. The topological polar surface area (TPSA) is 573 Å². The number of aliphatic hydroxyl groups excluding tert-OH is 9. The van der Waals surface area contributed by atoms with Crippen molar-refractivity contribution < 1.29 is 141 Å². The van der Waals surface area contributed by atoms with E-state index < -0.39 is 135 Å². The second kappa shape index (κ2) is 60.2. The molecule has 15 atom stereocenters. The van der Waals surface area contributed by atoms with Gasteiger partial charge in [-0.1, -0.05) is 38.5 Å². The number of ether oxygens (including phenoxy) is 9. The Morgan fingerprint density at radius 1 is 0.316 bits per heavy atom. The van der Waals surface area contributed by atoms with Crippen LogP contribution in [-0.4, -0.2) is 327 Å². The molecule has 3 rings (SSSR count). The number of amides is 10. The molecule has 0 spiro atoms. The van der Waals surface area contributed by atoms with Gasteiger partial charge in [0.05, 0.1) is 59.5 Å². The van der Waals surface area contributed by atoms with Crippen LogP contribution in [0.2, 0.25) is 0 Å². The van der Waals surface area contributed by atoms with Crippen molar-refractivity contribution in [2.24, 2.45) is 5.41 Å². The predicted octanol–water partition coefficient (Wildman–Crippen LogP) is -2.77. The highest BCUT2D eigenvalue weighted by atomic mass is 16.7. The Hall–Kier alpha value is -6.35. The van der Waals surface area contributed by atoms with Gasteiger partial charge in [-0.25, -0.2) is 0 Å². The van der Waals surface area contributed by atoms with E-state index in [0.29, 0.717) is 70.6 Å². The van der Waals surface area contributed by atoms with E-state index in [2.05, 4.69) is 53.2 Å². The summed E-state index contributed by atoms with van der Waals surface area (Å²) in [4.78, 5) is 139. The number of hydrogen-bond acceptors (Lipinski definition) is 29. The van der Waals surface area contributed by atoms with Crippen molar-refractivity contribution in [1.82, 2.24) is 53.2 Å². The molecule has 3 heterocycles. The summed E-state index contributed by atoms with van der Waals surface area (Å²) in [5.41, 5.74) is -1.45. The van der Waals surface area contributed by atoms with E-state index in [4.69, 9.17) is 42.6 Å². The average Bonchev–Trinajstić information content (AvgIpc) is 0.819. The Morgan fingerprint density at radius 2 is 0.573 bits per heavy atom. The van der Waals surface area contributed by atoms with Crippen molar-refractivity contribution in [3.63, 3.8) is 0 Å². The molecule has 0 saturated carbocycles. The Balaban J connectivity index is 1.58. The molecule has 3 fully saturated rings. The van der Waals surface area contributed by atoms with Crippen molar-refractivity contribution in [3.05, 3.63) is 0 Å². The lowest BCUT2D eigenvalue weighted by Gasteiger charge is -2.42. The van der Waals surface area contributed by atoms with Gasteiger partial charge in [0.1, 0.15) is 78.8 Å². The van der Waals surface area contributed by atoms with Gasteiger partial charge < -0.3 is 142 Å². The van der Waals surface area contributed by atoms with Crippen molar-refractivity contribution in [3.8, 4) is 0 Å². The van der Waals surface area contributed by atoms with Crippen LogP contribution < -0.4 is 53.2 Å². The van der Waals surface area contributed by atoms with Crippen LogP contribution in [0.3, 0.4) is 0 Å². The molecule has 39 heteroatoms. The van der Waals surface area contributed by atoms with Gasteiger partial charge in [0.25, 0.3) is 0 Å². The highest BCUT2D eigenvalue weighted by Gasteiger charge is 2.48. The van der Waals surface area contributed by atoms with Gasteiger partial charge in [0.15, 0.2) is 18.9 Å². The van der Waals surface area contributed by atoms with Gasteiger partial charge in [-0.05, 0) is 91.4 Å². The van der Waals surface area contributed by atoms with Crippen molar-refractivity contribution >= 4 is 64.9 Å². The van der Waals surface area contributed by atoms with E-state index in [1.54, 1.807) is 0 Å². The van der Waals surface area contributed by atoms with Crippen LogP contribution in [0.15, 0.2) is 0 Å². The van der Waals surface area contributed by atoms with Crippen molar-refractivity contribution in [2.45, 2.75) is 306 Å². The normalized spacial score (nSPS) is 23.8. The van der Waals surface area contributed by atoms with Crippen LogP contribution >= 0.6 is 0 Å². The first-order chi connectivity index (χ1) is 55.8. The smallest absolute Gasteiger partial charge is 0.222 e. The minimum Gasteiger partial charge on any atom is -0.394 e. The number of carbonyl (C=O) groups is 11. The molecule has 15 unspecified atom stereocenters. The summed E-state index contributed by atoms with van der Waals surface area (Å²) in [7, 11) is 0. The summed E-state index contributed by atoms with van der Waals surface area (Å²) < 4.78 is 52.4. The minimum absolute atomic E-state index is 0.0339. The minimum atomic E-state index is -1.46. The SMILES string of the molecule is CC(=O)NC1C(OCCCCC(=O)NCCCNC(=O)CCOCC(COCCC(=O)NCCCNC(=O)CCCCOC2OC(CO)C(O)C(O)C2NC(C)=O)(COCCC(=O)NCCCNC(=O)CCCCOC2OC(CO)C(O)C(O)C2NC(C)=O)CC(=O)CCCCCCCCCCC(=O)NC(C)(C)C)OC(CO)C(O)C1O. The summed E-state index contributed by atoms with van der Waals surface area (Å²) in [6.45, 7) is 8.81. The third-order valence-corrected chi connectivity index (χ3v) is 19.3. The van der Waals surface area contributed by atoms with E-state index in [9.17, 15) is 98.7 Å². The predicted molar refractivity (Wildman–Crippen MR) is 420 cm³/mol. The lowest BCUT2D eigenvalue weighted by atomic mass is 9.84. The van der Waals surface area contributed by atoms with Gasteiger partial charge in [-0.15, -0.1) is 0 Å². The Morgan fingerprint density at radius 3 is 0.846 bits per heavy atom. The number of carbonyl (C=O) groups excluding carboxylic acids is 11. The Kier molecular flexibility index (Phi) is 53.9. The molecule has 676 valence electrons. The van der Waals surface area contributed by atoms with E-state index in [0.717, 1.165) is 44.9 Å². The highest BCUT2D eigenvalue weighted by Crippen LogP contribution is 2.29. The van der Waals surface area contributed by atoms with E-state index in [1.807, 2.05) is 20.8 Å². The number of aliphatic hydroxyl groups is 9. The largest absolute Gasteiger partial charge is 0.394 e. The van der Waals surface area contributed by atoms with E-state index in [-0.39, 0.29) is 203 Å². The molecule has 0 aromatic rings. The zero-order valence-electron chi connectivity index (χ0n) is 69.5. The van der Waals surface area contributed by atoms with Gasteiger partial charge in [0, 0.05) is 149 Å². The molecule has 0 aromatic carbocycles. The summed E-state index contributed by atoms with van der Waals surface area (Å²) >= 11 is 0. The number of hydrogen-bond donors (Lipinski definition) is 19. The molecule has 39 nitrogen and oxygen atoms in total. The zero-order valence-corrected chi connectivity index (χ0v) is 69.5. The molecular weight excluding hydrogens is 1540 g/mol. The summed E-state index contributed by atoms with van der Waals surface area (Å²) in [6, 6.07) is -3.28. The Labute approximate surface area is 686 Å². The molecule has 0 bridgehead atoms. The fourth-order valence-electron chi connectivity index (χ4n) is 13.1. The summed E-state index contributed by atoms with van der Waals surface area (Å²) in [5, 5.41) is 118. The molecule has 19 N–H and O–H groups in total. The van der Waals surface area contributed by atoms with Gasteiger partial charge in [-0.3, -0.25) is 52.7 Å². The third-order valence-electron chi connectivity index (χ3n) is 19.3. The number of nitrogens with one attached hydrogen (secondary N) is 10. The molecule has 117 heavy (non-hydrogen) atoms. The molecule has 3 saturated heterocycles. The Bertz CT molecular complexity index is 2640.